The van der Waals surface area contributed by atoms with Gasteiger partial charge in [0.25, 0.3) is 0 Å². The van der Waals surface area contributed by atoms with Crippen molar-refractivity contribution in [1.82, 2.24) is 0 Å². The fraction of sp³-hybridized carbons (Fsp3) is 0.333. The number of ether oxygens (including phenoxy) is 3. The van der Waals surface area contributed by atoms with Gasteiger partial charge in [-0.15, -0.1) is 0 Å². The molecule has 1 saturated heterocycles. The van der Waals surface area contributed by atoms with E-state index >= 15 is 0 Å². The summed E-state index contributed by atoms with van der Waals surface area (Å²) in [6.45, 7) is 8.34. The summed E-state index contributed by atoms with van der Waals surface area (Å²) in [4.78, 5) is 2.35. The Balaban J connectivity index is 1.58. The minimum Gasteiger partial charge on any atom is -0.493 e. The van der Waals surface area contributed by atoms with Crippen LogP contribution in [-0.2, 0) is 11.3 Å². The largest absolute Gasteiger partial charge is 0.493 e. The van der Waals surface area contributed by atoms with Gasteiger partial charge in [-0.25, -0.2) is 0 Å². The van der Waals surface area contributed by atoms with E-state index in [1.165, 1.54) is 5.69 Å². The Kier molecular flexibility index (Phi) is 6.39. The predicted octanol–water partition coefficient (Wildman–Crippen LogP) is 3.71. The summed E-state index contributed by atoms with van der Waals surface area (Å²) in [6.07, 6.45) is 1.72. The molecule has 3 rings (SSSR count). The van der Waals surface area contributed by atoms with Crippen LogP contribution in [0.5, 0.6) is 11.5 Å². The third-order valence-electron chi connectivity index (χ3n) is 4.32. The van der Waals surface area contributed by atoms with Crippen LogP contribution < -0.4 is 19.7 Å². The van der Waals surface area contributed by atoms with E-state index in [0.29, 0.717) is 6.61 Å². The van der Waals surface area contributed by atoms with Gasteiger partial charge >= 0.3 is 0 Å². The average molecular weight is 354 g/mol. The molecule has 0 unspecified atom stereocenters. The van der Waals surface area contributed by atoms with Gasteiger partial charge in [0.15, 0.2) is 11.5 Å². The number of nitrogens with one attached hydrogen (secondary N) is 1. The van der Waals surface area contributed by atoms with Crippen LogP contribution >= 0.6 is 0 Å². The molecular formula is C21H26N2O3. The zero-order valence-corrected chi connectivity index (χ0v) is 15.2. The van der Waals surface area contributed by atoms with Crippen molar-refractivity contribution in [3.8, 4) is 11.5 Å². The third kappa shape index (κ3) is 4.70. The van der Waals surface area contributed by atoms with Gasteiger partial charge in [-0.05, 0) is 42.0 Å². The molecule has 0 bridgehead atoms. The molecule has 138 valence electrons. The van der Waals surface area contributed by atoms with Gasteiger partial charge in [0.2, 0.25) is 0 Å². The van der Waals surface area contributed by atoms with Gasteiger partial charge < -0.3 is 24.4 Å². The summed E-state index contributed by atoms with van der Waals surface area (Å²) in [7, 11) is 1.65. The molecule has 0 aliphatic carbocycles. The predicted molar refractivity (Wildman–Crippen MR) is 105 cm³/mol. The number of hydrogen-bond donors (Lipinski definition) is 1. The van der Waals surface area contributed by atoms with Crippen LogP contribution in [0.25, 0.3) is 0 Å². The molecule has 5 nitrogen and oxygen atoms in total. The zero-order chi connectivity index (χ0) is 18.2. The highest BCUT2D eigenvalue weighted by molar-refractivity contribution is 5.55. The summed E-state index contributed by atoms with van der Waals surface area (Å²) < 4.78 is 16.4. The molecule has 1 aliphatic rings. The van der Waals surface area contributed by atoms with E-state index in [-0.39, 0.29) is 0 Å². The van der Waals surface area contributed by atoms with Crippen molar-refractivity contribution in [2.75, 3.05) is 50.2 Å². The maximum atomic E-state index is 5.59. The fourth-order valence-electron chi connectivity index (χ4n) is 2.91. The molecule has 1 fully saturated rings. The average Bonchev–Trinajstić information content (AvgIpc) is 2.72. The van der Waals surface area contributed by atoms with Crippen molar-refractivity contribution < 1.29 is 14.2 Å². The van der Waals surface area contributed by atoms with E-state index in [1.807, 2.05) is 18.2 Å². The number of methoxy groups -OCH3 is 1. The first kappa shape index (κ1) is 18.1. The molecule has 0 radical (unpaired) electrons. The Bertz CT molecular complexity index is 710. The summed E-state index contributed by atoms with van der Waals surface area (Å²) >= 11 is 0. The van der Waals surface area contributed by atoms with Crippen molar-refractivity contribution in [3.63, 3.8) is 0 Å². The zero-order valence-electron chi connectivity index (χ0n) is 15.2. The lowest BCUT2D eigenvalue weighted by molar-refractivity contribution is 0.122. The van der Waals surface area contributed by atoms with Crippen LogP contribution in [-0.4, -0.2) is 40.0 Å². The first-order valence-corrected chi connectivity index (χ1v) is 8.87. The molecular weight excluding hydrogens is 328 g/mol. The monoisotopic (exact) mass is 354 g/mol. The Morgan fingerprint density at radius 2 is 1.88 bits per heavy atom. The molecule has 1 N–H and O–H groups in total. The van der Waals surface area contributed by atoms with Gasteiger partial charge in [0.1, 0.15) is 6.61 Å². The molecule has 5 heteroatoms. The maximum absolute atomic E-state index is 5.59. The standard InChI is InChI=1S/C21H26N2O3/c1-3-12-26-20-9-4-17(15-21(20)24-2)16-22-18-5-7-19(8-6-18)23-10-13-25-14-11-23/h3-9,15,22H,1,10-14,16H2,2H3. The van der Waals surface area contributed by atoms with Gasteiger partial charge in [-0.1, -0.05) is 18.7 Å². The number of nitrogens with zero attached hydrogens (tertiary/aromatic N) is 1. The van der Waals surface area contributed by atoms with Crippen LogP contribution in [0.1, 0.15) is 5.56 Å². The number of benzene rings is 2. The summed E-state index contributed by atoms with van der Waals surface area (Å²) in [5, 5.41) is 3.45. The van der Waals surface area contributed by atoms with Crippen molar-refractivity contribution in [2.24, 2.45) is 0 Å². The van der Waals surface area contributed by atoms with Crippen molar-refractivity contribution >= 4 is 11.4 Å². The van der Waals surface area contributed by atoms with Crippen LogP contribution in [0, 0.1) is 0 Å². The molecule has 0 amide bonds. The van der Waals surface area contributed by atoms with Crippen molar-refractivity contribution in [2.45, 2.75) is 6.54 Å². The Morgan fingerprint density at radius 1 is 1.12 bits per heavy atom. The van der Waals surface area contributed by atoms with E-state index in [2.05, 4.69) is 41.1 Å². The van der Waals surface area contributed by atoms with Gasteiger partial charge in [-0.3, -0.25) is 0 Å². The molecule has 0 spiro atoms. The molecule has 1 heterocycles. The lowest BCUT2D eigenvalue weighted by Gasteiger charge is -2.28. The highest BCUT2D eigenvalue weighted by Crippen LogP contribution is 2.28. The second-order valence-electron chi connectivity index (χ2n) is 6.08. The van der Waals surface area contributed by atoms with E-state index in [0.717, 1.165) is 55.6 Å². The number of anilines is 2. The number of rotatable bonds is 8. The molecule has 0 atom stereocenters. The third-order valence-corrected chi connectivity index (χ3v) is 4.32. The molecule has 26 heavy (non-hydrogen) atoms. The van der Waals surface area contributed by atoms with Crippen molar-refractivity contribution in [1.29, 1.82) is 0 Å². The molecule has 0 saturated carbocycles. The van der Waals surface area contributed by atoms with Gasteiger partial charge in [0, 0.05) is 31.0 Å². The smallest absolute Gasteiger partial charge is 0.161 e. The number of hydrogen-bond acceptors (Lipinski definition) is 5. The molecule has 2 aromatic rings. The second kappa shape index (κ2) is 9.15. The fourth-order valence-corrected chi connectivity index (χ4v) is 2.91. The van der Waals surface area contributed by atoms with Gasteiger partial charge in [-0.2, -0.15) is 0 Å². The van der Waals surface area contributed by atoms with Crippen LogP contribution in [0.3, 0.4) is 0 Å². The van der Waals surface area contributed by atoms with Crippen LogP contribution in [0.4, 0.5) is 11.4 Å². The van der Waals surface area contributed by atoms with E-state index in [4.69, 9.17) is 14.2 Å². The van der Waals surface area contributed by atoms with E-state index in [1.54, 1.807) is 13.2 Å². The first-order chi connectivity index (χ1) is 12.8. The molecule has 0 aromatic heterocycles. The normalized spacial score (nSPS) is 14.0. The summed E-state index contributed by atoms with van der Waals surface area (Å²) in [5.41, 5.74) is 3.46. The van der Waals surface area contributed by atoms with Crippen molar-refractivity contribution in [3.05, 3.63) is 60.7 Å². The van der Waals surface area contributed by atoms with Crippen LogP contribution in [0.2, 0.25) is 0 Å². The number of morpholine rings is 1. The second-order valence-corrected chi connectivity index (χ2v) is 6.08. The first-order valence-electron chi connectivity index (χ1n) is 8.87. The molecule has 1 aliphatic heterocycles. The summed E-state index contributed by atoms with van der Waals surface area (Å²) in [5.74, 6) is 1.46. The quantitative estimate of drug-likeness (QED) is 0.732. The lowest BCUT2D eigenvalue weighted by atomic mass is 10.2. The summed E-state index contributed by atoms with van der Waals surface area (Å²) in [6, 6.07) is 14.5. The Morgan fingerprint density at radius 3 is 2.58 bits per heavy atom. The topological polar surface area (TPSA) is 43.0 Å². The Hall–Kier alpha value is -2.66. The highest BCUT2D eigenvalue weighted by Gasteiger charge is 2.11. The minimum absolute atomic E-state index is 0.462. The lowest BCUT2D eigenvalue weighted by Crippen LogP contribution is -2.36. The minimum atomic E-state index is 0.462. The SMILES string of the molecule is C=CCOc1ccc(CNc2ccc(N3CCOCC3)cc2)cc1OC. The Labute approximate surface area is 155 Å². The van der Waals surface area contributed by atoms with E-state index < -0.39 is 0 Å². The van der Waals surface area contributed by atoms with Crippen LogP contribution in [0.15, 0.2) is 55.1 Å². The maximum Gasteiger partial charge on any atom is 0.161 e. The molecule has 2 aromatic carbocycles. The highest BCUT2D eigenvalue weighted by atomic mass is 16.5. The van der Waals surface area contributed by atoms with E-state index in [9.17, 15) is 0 Å². The van der Waals surface area contributed by atoms with Gasteiger partial charge in [0.05, 0.1) is 20.3 Å².